The lowest BCUT2D eigenvalue weighted by Gasteiger charge is -2.19. The number of nitrogens with one attached hydrogen (secondary N) is 1. The van der Waals surface area contributed by atoms with Crippen LogP contribution < -0.4 is 16.5 Å². The van der Waals surface area contributed by atoms with Crippen LogP contribution in [0.5, 0.6) is 0 Å². The summed E-state index contributed by atoms with van der Waals surface area (Å²) in [6.07, 6.45) is 3.01. The van der Waals surface area contributed by atoms with E-state index in [9.17, 15) is 10.1 Å². The molecule has 0 spiro atoms. The van der Waals surface area contributed by atoms with Gasteiger partial charge in [-0.05, 0) is 58.4 Å². The maximum absolute atomic E-state index is 13.3. The van der Waals surface area contributed by atoms with E-state index in [2.05, 4.69) is 15.3 Å². The number of aryl methyl sites for hydroxylation is 1. The third-order valence-corrected chi connectivity index (χ3v) is 5.36. The summed E-state index contributed by atoms with van der Waals surface area (Å²) < 4.78 is 6.30. The van der Waals surface area contributed by atoms with Crippen LogP contribution in [0.4, 0.5) is 5.69 Å². The molecule has 0 radical (unpaired) electrons. The number of pyridine rings is 1. The van der Waals surface area contributed by atoms with Crippen LogP contribution in [0.1, 0.15) is 55.0 Å². The van der Waals surface area contributed by atoms with Gasteiger partial charge in [-0.3, -0.25) is 9.79 Å². The minimum atomic E-state index is -0.309. The molecule has 170 valence electrons. The fourth-order valence-corrected chi connectivity index (χ4v) is 3.67. The van der Waals surface area contributed by atoms with Crippen molar-refractivity contribution in [2.24, 2.45) is 10.7 Å². The highest BCUT2D eigenvalue weighted by Crippen LogP contribution is 2.31. The van der Waals surface area contributed by atoms with Gasteiger partial charge in [-0.2, -0.15) is 5.26 Å². The molecule has 2 aromatic heterocycles. The molecule has 1 unspecified atom stereocenters. The van der Waals surface area contributed by atoms with Gasteiger partial charge in [0.25, 0.3) is 0 Å². The first-order valence-corrected chi connectivity index (χ1v) is 10.9. The molecular weight excluding hydrogens is 438 g/mol. The number of rotatable bonds is 6. The van der Waals surface area contributed by atoms with Gasteiger partial charge in [0.1, 0.15) is 22.6 Å². The Bertz CT molecular complexity index is 1370. The average Bonchev–Trinajstić information content (AvgIpc) is 2.78. The SMILES string of the molecule is Cc1cc(C(C)Nc2ccc(Cl)nc2C#N)c2oc(/C(C=NC(C)C)=C/N)c(C)c(=O)c2c1. The predicted molar refractivity (Wildman–Crippen MR) is 134 cm³/mol. The van der Waals surface area contributed by atoms with Gasteiger partial charge >= 0.3 is 0 Å². The third kappa shape index (κ3) is 5.07. The van der Waals surface area contributed by atoms with Crippen molar-refractivity contribution in [3.8, 4) is 6.07 Å². The van der Waals surface area contributed by atoms with Crippen LogP contribution in [0.2, 0.25) is 5.15 Å². The topological polar surface area (TPSA) is 117 Å². The van der Waals surface area contributed by atoms with E-state index in [1.54, 1.807) is 25.3 Å². The van der Waals surface area contributed by atoms with Crippen molar-refractivity contribution in [3.05, 3.63) is 74.0 Å². The number of halogens is 1. The van der Waals surface area contributed by atoms with Crippen molar-refractivity contribution < 1.29 is 4.42 Å². The Morgan fingerprint density at radius 2 is 2.03 bits per heavy atom. The van der Waals surface area contributed by atoms with Crippen molar-refractivity contribution in [1.29, 1.82) is 5.26 Å². The molecule has 0 aliphatic carbocycles. The quantitative estimate of drug-likeness (QED) is 0.379. The lowest BCUT2D eigenvalue weighted by atomic mass is 9.99. The van der Waals surface area contributed by atoms with Crippen LogP contribution in [0.15, 0.2) is 44.7 Å². The molecule has 0 saturated carbocycles. The normalized spacial score (nSPS) is 13.0. The molecule has 1 aromatic carbocycles. The predicted octanol–water partition coefficient (Wildman–Crippen LogP) is 5.28. The summed E-state index contributed by atoms with van der Waals surface area (Å²) in [5.74, 6) is 0.377. The Hall–Kier alpha value is -3.63. The van der Waals surface area contributed by atoms with Crippen LogP contribution >= 0.6 is 11.6 Å². The van der Waals surface area contributed by atoms with E-state index < -0.39 is 0 Å². The van der Waals surface area contributed by atoms with Crippen LogP contribution in [0.3, 0.4) is 0 Å². The van der Waals surface area contributed by atoms with Crippen molar-refractivity contribution in [3.63, 3.8) is 0 Å². The number of aliphatic imine (C=N–C) groups is 1. The number of benzene rings is 1. The molecule has 1 atom stereocenters. The van der Waals surface area contributed by atoms with Crippen LogP contribution in [0, 0.1) is 25.2 Å². The number of allylic oxidation sites excluding steroid dienone is 1. The molecule has 2 heterocycles. The van der Waals surface area contributed by atoms with Crippen molar-refractivity contribution in [1.82, 2.24) is 4.98 Å². The Morgan fingerprint density at radius 3 is 2.67 bits per heavy atom. The summed E-state index contributed by atoms with van der Waals surface area (Å²) in [7, 11) is 0. The standard InChI is InChI=1S/C25H26ClN5O2/c1-13(2)29-12-17(10-27)24-15(4)23(32)19-9-14(3)8-18(25(19)33-24)16(5)30-20-6-7-22(26)31-21(20)11-28/h6-10,12-13,16,30H,27H2,1-5H3/b17-10+,29-12?. The molecule has 8 heteroatoms. The molecule has 0 fully saturated rings. The van der Waals surface area contributed by atoms with Crippen molar-refractivity contribution in [2.75, 3.05) is 5.32 Å². The zero-order valence-electron chi connectivity index (χ0n) is 19.2. The van der Waals surface area contributed by atoms with E-state index in [1.165, 1.54) is 6.20 Å². The lowest BCUT2D eigenvalue weighted by Crippen LogP contribution is -2.14. The zero-order valence-corrected chi connectivity index (χ0v) is 20.0. The van der Waals surface area contributed by atoms with Gasteiger partial charge in [0.2, 0.25) is 0 Å². The van der Waals surface area contributed by atoms with E-state index >= 15 is 0 Å². The van der Waals surface area contributed by atoms with Gasteiger partial charge in [-0.25, -0.2) is 4.98 Å². The number of aromatic nitrogens is 1. The molecule has 0 aliphatic heterocycles. The highest BCUT2D eigenvalue weighted by atomic mass is 35.5. The first-order valence-electron chi connectivity index (χ1n) is 10.5. The molecule has 33 heavy (non-hydrogen) atoms. The molecule has 0 bridgehead atoms. The van der Waals surface area contributed by atoms with Gasteiger partial charge in [-0.15, -0.1) is 0 Å². The fourth-order valence-electron chi connectivity index (χ4n) is 3.52. The summed E-state index contributed by atoms with van der Waals surface area (Å²) in [5.41, 5.74) is 9.54. The number of nitrogens with two attached hydrogens (primary N) is 1. The van der Waals surface area contributed by atoms with Gasteiger partial charge in [0.05, 0.1) is 22.7 Å². The number of hydrogen-bond donors (Lipinski definition) is 2. The van der Waals surface area contributed by atoms with E-state index in [4.69, 9.17) is 21.8 Å². The smallest absolute Gasteiger partial charge is 0.196 e. The third-order valence-electron chi connectivity index (χ3n) is 5.15. The van der Waals surface area contributed by atoms with Crippen molar-refractivity contribution >= 4 is 40.0 Å². The summed E-state index contributed by atoms with van der Waals surface area (Å²) in [5, 5.41) is 13.4. The highest BCUT2D eigenvalue weighted by molar-refractivity contribution is 6.29. The molecular formula is C25H26ClN5O2. The number of anilines is 1. The lowest BCUT2D eigenvalue weighted by molar-refractivity contribution is 0.575. The highest BCUT2D eigenvalue weighted by Gasteiger charge is 2.20. The van der Waals surface area contributed by atoms with Crippen LogP contribution in [-0.2, 0) is 0 Å². The maximum Gasteiger partial charge on any atom is 0.196 e. The molecule has 3 aromatic rings. The molecule has 0 saturated heterocycles. The molecule has 3 rings (SSSR count). The second-order valence-electron chi connectivity index (χ2n) is 8.12. The van der Waals surface area contributed by atoms with Crippen LogP contribution in [0.25, 0.3) is 16.5 Å². The van der Waals surface area contributed by atoms with E-state index in [0.29, 0.717) is 33.6 Å². The monoisotopic (exact) mass is 463 g/mol. The molecule has 3 N–H and O–H groups in total. The number of hydrogen-bond acceptors (Lipinski definition) is 7. The molecule has 0 aliphatic rings. The number of fused-ring (bicyclic) bond motifs is 1. The summed E-state index contributed by atoms with van der Waals surface area (Å²) in [6.45, 7) is 9.45. The average molecular weight is 464 g/mol. The van der Waals surface area contributed by atoms with E-state index in [-0.39, 0.29) is 28.4 Å². The molecule has 0 amide bonds. The van der Waals surface area contributed by atoms with Gasteiger partial charge in [0, 0.05) is 29.6 Å². The fraction of sp³-hybridized carbons (Fsp3) is 0.280. The van der Waals surface area contributed by atoms with E-state index in [0.717, 1.165) is 11.1 Å². The molecule has 7 nitrogen and oxygen atoms in total. The first-order chi connectivity index (χ1) is 15.7. The van der Waals surface area contributed by atoms with E-state index in [1.807, 2.05) is 45.9 Å². The summed E-state index contributed by atoms with van der Waals surface area (Å²) in [4.78, 5) is 21.7. The van der Waals surface area contributed by atoms with Gasteiger partial charge < -0.3 is 15.5 Å². The largest absolute Gasteiger partial charge is 0.455 e. The number of nitrogens with zero attached hydrogens (tertiary/aromatic N) is 3. The Labute approximate surface area is 197 Å². The number of nitriles is 1. The summed E-state index contributed by atoms with van der Waals surface area (Å²) >= 11 is 5.92. The van der Waals surface area contributed by atoms with Gasteiger partial charge in [0.15, 0.2) is 11.1 Å². The zero-order chi connectivity index (χ0) is 24.3. The maximum atomic E-state index is 13.3. The summed E-state index contributed by atoms with van der Waals surface area (Å²) in [6, 6.07) is 8.88. The second kappa shape index (κ2) is 9.88. The Kier molecular flexibility index (Phi) is 7.19. The van der Waals surface area contributed by atoms with Crippen molar-refractivity contribution in [2.45, 2.75) is 46.7 Å². The Morgan fingerprint density at radius 1 is 1.30 bits per heavy atom. The Balaban J connectivity index is 2.19. The minimum absolute atomic E-state index is 0.0668. The van der Waals surface area contributed by atoms with Gasteiger partial charge in [-0.1, -0.05) is 17.7 Å². The second-order valence-corrected chi connectivity index (χ2v) is 8.51. The minimum Gasteiger partial charge on any atom is -0.455 e. The first kappa shape index (κ1) is 24.0. The van der Waals surface area contributed by atoms with Crippen LogP contribution in [-0.4, -0.2) is 17.2 Å².